The molecule has 3 nitrogen and oxygen atoms in total. The predicted octanol–water partition coefficient (Wildman–Crippen LogP) is 2.84. The normalized spacial score (nSPS) is 14.6. The first-order valence-corrected chi connectivity index (χ1v) is 6.15. The average Bonchev–Trinajstić information content (AvgIpc) is 2.35. The number of benzene rings is 1. The summed E-state index contributed by atoms with van der Waals surface area (Å²) in [6, 6.07) is 8.27. The third kappa shape index (κ3) is 2.99. The highest BCUT2D eigenvalue weighted by atomic mass is 16.6. The summed E-state index contributed by atoms with van der Waals surface area (Å²) in [5.74, 6) is 0.385. The molecule has 0 radical (unpaired) electrons. The van der Waals surface area contributed by atoms with Gasteiger partial charge < -0.3 is 9.64 Å². The lowest BCUT2D eigenvalue weighted by atomic mass is 10.0. The molecule has 0 spiro atoms. The van der Waals surface area contributed by atoms with Crippen molar-refractivity contribution in [1.29, 1.82) is 0 Å². The number of nitrogens with zero attached hydrogens (tertiary/aromatic N) is 1. The molecule has 0 aromatic heterocycles. The molecule has 0 N–H and O–H groups in total. The summed E-state index contributed by atoms with van der Waals surface area (Å²) in [6.07, 6.45) is 0.737. The van der Waals surface area contributed by atoms with E-state index in [9.17, 15) is 4.79 Å². The molecule has 0 bridgehead atoms. The van der Waals surface area contributed by atoms with Crippen molar-refractivity contribution < 1.29 is 9.53 Å². The van der Waals surface area contributed by atoms with E-state index >= 15 is 0 Å². The van der Waals surface area contributed by atoms with Gasteiger partial charge in [0, 0.05) is 13.1 Å². The average molecular weight is 233 g/mol. The molecule has 0 saturated carbocycles. The Morgan fingerprint density at radius 3 is 2.76 bits per heavy atom. The van der Waals surface area contributed by atoms with Gasteiger partial charge in [-0.25, -0.2) is 4.79 Å². The molecule has 2 rings (SSSR count). The number of fused-ring (bicyclic) bond motifs is 1. The molecule has 1 heterocycles. The van der Waals surface area contributed by atoms with Crippen LogP contribution in [0.3, 0.4) is 0 Å². The Kier molecular flexibility index (Phi) is 3.67. The van der Waals surface area contributed by atoms with Gasteiger partial charge in [-0.05, 0) is 23.5 Å². The van der Waals surface area contributed by atoms with Crippen molar-refractivity contribution >= 4 is 6.09 Å². The zero-order valence-electron chi connectivity index (χ0n) is 10.5. The van der Waals surface area contributed by atoms with E-state index in [0.29, 0.717) is 19.1 Å². The Hall–Kier alpha value is -1.51. The topological polar surface area (TPSA) is 29.5 Å². The van der Waals surface area contributed by atoms with Crippen LogP contribution in [0.5, 0.6) is 0 Å². The summed E-state index contributed by atoms with van der Waals surface area (Å²) in [7, 11) is 0. The Morgan fingerprint density at radius 2 is 2.06 bits per heavy atom. The van der Waals surface area contributed by atoms with Crippen LogP contribution in [0.15, 0.2) is 24.3 Å². The van der Waals surface area contributed by atoms with Crippen LogP contribution in [0, 0.1) is 5.92 Å². The first-order valence-electron chi connectivity index (χ1n) is 6.15. The number of hydrogen-bond acceptors (Lipinski definition) is 2. The largest absolute Gasteiger partial charge is 0.449 e. The molecule has 92 valence electrons. The monoisotopic (exact) mass is 233 g/mol. The summed E-state index contributed by atoms with van der Waals surface area (Å²) < 4.78 is 5.24. The highest BCUT2D eigenvalue weighted by Gasteiger charge is 2.21. The van der Waals surface area contributed by atoms with Crippen LogP contribution < -0.4 is 0 Å². The van der Waals surface area contributed by atoms with Gasteiger partial charge in [0.05, 0.1) is 6.61 Å². The highest BCUT2D eigenvalue weighted by Crippen LogP contribution is 2.19. The van der Waals surface area contributed by atoms with E-state index in [2.05, 4.69) is 12.1 Å². The van der Waals surface area contributed by atoms with E-state index in [0.717, 1.165) is 13.0 Å². The Morgan fingerprint density at radius 1 is 1.35 bits per heavy atom. The summed E-state index contributed by atoms with van der Waals surface area (Å²) in [5, 5.41) is 0. The Balaban J connectivity index is 1.95. The second-order valence-corrected chi connectivity index (χ2v) is 4.91. The first-order chi connectivity index (χ1) is 8.16. The molecule has 1 aliphatic heterocycles. The van der Waals surface area contributed by atoms with Gasteiger partial charge in [0.25, 0.3) is 0 Å². The van der Waals surface area contributed by atoms with Gasteiger partial charge in [-0.1, -0.05) is 38.1 Å². The number of carbonyl (C=O) groups excluding carboxylic acids is 1. The number of amides is 1. The minimum Gasteiger partial charge on any atom is -0.449 e. The van der Waals surface area contributed by atoms with Crippen molar-refractivity contribution in [2.75, 3.05) is 13.2 Å². The zero-order chi connectivity index (χ0) is 12.3. The van der Waals surface area contributed by atoms with E-state index in [4.69, 9.17) is 4.74 Å². The van der Waals surface area contributed by atoms with Gasteiger partial charge in [0.1, 0.15) is 0 Å². The smallest absolute Gasteiger partial charge is 0.410 e. The lowest BCUT2D eigenvalue weighted by Crippen LogP contribution is -2.36. The van der Waals surface area contributed by atoms with Gasteiger partial charge in [-0.3, -0.25) is 0 Å². The Labute approximate surface area is 102 Å². The molecule has 1 aromatic carbocycles. The molecule has 0 aliphatic carbocycles. The van der Waals surface area contributed by atoms with Gasteiger partial charge in [0.2, 0.25) is 0 Å². The van der Waals surface area contributed by atoms with Crippen molar-refractivity contribution in [3.8, 4) is 0 Å². The second-order valence-electron chi connectivity index (χ2n) is 4.91. The lowest BCUT2D eigenvalue weighted by molar-refractivity contribution is 0.0879. The molecule has 0 unspecified atom stereocenters. The quantitative estimate of drug-likeness (QED) is 0.786. The molecule has 1 amide bonds. The van der Waals surface area contributed by atoms with E-state index in [1.54, 1.807) is 4.90 Å². The molecular weight excluding hydrogens is 214 g/mol. The van der Waals surface area contributed by atoms with Crippen LogP contribution in [0.4, 0.5) is 4.79 Å². The number of ether oxygens (including phenoxy) is 1. The standard InChI is InChI=1S/C14H19NO2/c1-11(2)10-17-14(16)15-8-7-12-5-3-4-6-13(12)9-15/h3-6,11H,7-10H2,1-2H3. The fourth-order valence-corrected chi connectivity index (χ4v) is 1.98. The van der Waals surface area contributed by atoms with Crippen LogP contribution in [0.2, 0.25) is 0 Å². The molecule has 0 fully saturated rings. The molecule has 1 aliphatic rings. The van der Waals surface area contributed by atoms with Gasteiger partial charge in [-0.15, -0.1) is 0 Å². The van der Waals surface area contributed by atoms with E-state index in [1.807, 2.05) is 26.0 Å². The maximum atomic E-state index is 11.8. The molecular formula is C14H19NO2. The van der Waals surface area contributed by atoms with Crippen LogP contribution >= 0.6 is 0 Å². The first kappa shape index (κ1) is 12.0. The maximum Gasteiger partial charge on any atom is 0.410 e. The van der Waals surface area contributed by atoms with Crippen molar-refractivity contribution in [2.45, 2.75) is 26.8 Å². The lowest BCUT2D eigenvalue weighted by Gasteiger charge is -2.28. The van der Waals surface area contributed by atoms with Crippen molar-refractivity contribution in [3.63, 3.8) is 0 Å². The number of rotatable bonds is 2. The molecule has 3 heteroatoms. The highest BCUT2D eigenvalue weighted by molar-refractivity contribution is 5.68. The van der Waals surface area contributed by atoms with Crippen molar-refractivity contribution in [2.24, 2.45) is 5.92 Å². The van der Waals surface area contributed by atoms with Crippen LogP contribution in [-0.4, -0.2) is 24.1 Å². The number of carbonyl (C=O) groups is 1. The molecule has 0 saturated heterocycles. The van der Waals surface area contributed by atoms with Gasteiger partial charge in [0.15, 0.2) is 0 Å². The SMILES string of the molecule is CC(C)COC(=O)N1CCc2ccccc2C1. The summed E-state index contributed by atoms with van der Waals surface area (Å²) in [5.41, 5.74) is 2.58. The summed E-state index contributed by atoms with van der Waals surface area (Å²) in [6.45, 7) is 6.01. The van der Waals surface area contributed by atoms with Crippen LogP contribution in [-0.2, 0) is 17.7 Å². The third-order valence-electron chi connectivity index (χ3n) is 2.93. The summed E-state index contributed by atoms with van der Waals surface area (Å²) >= 11 is 0. The van der Waals surface area contributed by atoms with Crippen molar-refractivity contribution in [1.82, 2.24) is 4.90 Å². The summed E-state index contributed by atoms with van der Waals surface area (Å²) in [4.78, 5) is 13.6. The molecule has 1 aromatic rings. The van der Waals surface area contributed by atoms with Crippen molar-refractivity contribution in [3.05, 3.63) is 35.4 Å². The second kappa shape index (κ2) is 5.21. The van der Waals surface area contributed by atoms with Gasteiger partial charge >= 0.3 is 6.09 Å². The van der Waals surface area contributed by atoms with E-state index in [-0.39, 0.29) is 6.09 Å². The fraction of sp³-hybridized carbons (Fsp3) is 0.500. The van der Waals surface area contributed by atoms with Crippen LogP contribution in [0.25, 0.3) is 0 Å². The molecule has 17 heavy (non-hydrogen) atoms. The fourth-order valence-electron chi connectivity index (χ4n) is 1.98. The van der Waals surface area contributed by atoms with E-state index < -0.39 is 0 Å². The van der Waals surface area contributed by atoms with Gasteiger partial charge in [-0.2, -0.15) is 0 Å². The Bertz CT molecular complexity index is 401. The minimum atomic E-state index is -0.187. The maximum absolute atomic E-state index is 11.8. The van der Waals surface area contributed by atoms with E-state index in [1.165, 1.54) is 11.1 Å². The number of hydrogen-bond donors (Lipinski definition) is 0. The zero-order valence-corrected chi connectivity index (χ0v) is 10.5. The predicted molar refractivity (Wildman–Crippen MR) is 66.7 cm³/mol. The van der Waals surface area contributed by atoms with Crippen LogP contribution in [0.1, 0.15) is 25.0 Å². The third-order valence-corrected chi connectivity index (χ3v) is 2.93. The molecule has 0 atom stereocenters. The minimum absolute atomic E-state index is 0.187.